The number of piperazine rings is 1. The van der Waals surface area contributed by atoms with Crippen molar-refractivity contribution in [1.82, 2.24) is 14.8 Å². The molecule has 0 aliphatic carbocycles. The molecule has 196 valence electrons. The second-order valence-corrected chi connectivity index (χ2v) is 10.5. The topological polar surface area (TPSA) is 57.6 Å². The van der Waals surface area contributed by atoms with Crippen molar-refractivity contribution >= 4 is 11.6 Å². The Morgan fingerprint density at radius 3 is 2.45 bits per heavy atom. The molecule has 1 saturated heterocycles. The molecule has 6 rings (SSSR count). The van der Waals surface area contributed by atoms with Crippen molar-refractivity contribution in [2.45, 2.75) is 32.9 Å². The summed E-state index contributed by atoms with van der Waals surface area (Å²) in [6.07, 6.45) is 0.667. The summed E-state index contributed by atoms with van der Waals surface area (Å²) < 4.78 is 11.1. The first-order valence-corrected chi connectivity index (χ1v) is 13.4. The van der Waals surface area contributed by atoms with E-state index in [2.05, 4.69) is 72.2 Å². The standard InChI is InChI=1S/C31H34N4O3/c1-22-8-10-26(23(2)16-22)27-18-28(25-9-11-29-30(17-25)38-21-37-29)35(32-27)31(36)20-34-14-12-33(13-15-34)19-24-6-4-3-5-7-24/h3-11,16-17,28H,12-15,18-21H2,1-2H3. The molecule has 3 heterocycles. The number of fused-ring (bicyclic) bond motifs is 1. The molecule has 1 fully saturated rings. The molecule has 1 atom stereocenters. The van der Waals surface area contributed by atoms with Crippen LogP contribution in [0, 0.1) is 13.8 Å². The Balaban J connectivity index is 1.18. The van der Waals surface area contributed by atoms with Crippen molar-refractivity contribution in [2.75, 3.05) is 39.5 Å². The molecule has 0 aromatic heterocycles. The monoisotopic (exact) mass is 510 g/mol. The van der Waals surface area contributed by atoms with Crippen LogP contribution in [0.25, 0.3) is 0 Å². The number of carbonyl (C=O) groups is 1. The van der Waals surface area contributed by atoms with Crippen LogP contribution in [0.4, 0.5) is 0 Å². The highest BCUT2D eigenvalue weighted by Gasteiger charge is 2.35. The zero-order chi connectivity index (χ0) is 26.1. The van der Waals surface area contributed by atoms with Gasteiger partial charge in [0.2, 0.25) is 6.79 Å². The molecular formula is C31H34N4O3. The third-order valence-electron chi connectivity index (χ3n) is 7.71. The Morgan fingerprint density at radius 1 is 0.895 bits per heavy atom. The summed E-state index contributed by atoms with van der Waals surface area (Å²) in [6.45, 7) is 9.39. The predicted octanol–water partition coefficient (Wildman–Crippen LogP) is 4.53. The van der Waals surface area contributed by atoms with E-state index >= 15 is 0 Å². The van der Waals surface area contributed by atoms with Gasteiger partial charge in [0.05, 0.1) is 18.3 Å². The molecule has 0 saturated carbocycles. The summed E-state index contributed by atoms with van der Waals surface area (Å²) in [6, 6.07) is 22.8. The average Bonchev–Trinajstić information content (AvgIpc) is 3.57. The molecule has 3 aliphatic heterocycles. The SMILES string of the molecule is Cc1ccc(C2=NN(C(=O)CN3CCN(Cc4ccccc4)CC3)C(c3ccc4c(c3)OCO4)C2)c(C)c1. The van der Waals surface area contributed by atoms with Crippen LogP contribution in [0.2, 0.25) is 0 Å². The lowest BCUT2D eigenvalue weighted by Gasteiger charge is -2.35. The van der Waals surface area contributed by atoms with E-state index in [9.17, 15) is 4.79 Å². The lowest BCUT2D eigenvalue weighted by Crippen LogP contribution is -2.49. The van der Waals surface area contributed by atoms with Gasteiger partial charge in [0.1, 0.15) is 0 Å². The highest BCUT2D eigenvalue weighted by molar-refractivity contribution is 6.04. The third-order valence-corrected chi connectivity index (χ3v) is 7.71. The van der Waals surface area contributed by atoms with Crippen LogP contribution in [0.15, 0.2) is 71.8 Å². The van der Waals surface area contributed by atoms with E-state index in [4.69, 9.17) is 14.6 Å². The van der Waals surface area contributed by atoms with Crippen molar-refractivity contribution in [3.05, 3.63) is 94.5 Å². The molecule has 1 unspecified atom stereocenters. The van der Waals surface area contributed by atoms with Crippen molar-refractivity contribution < 1.29 is 14.3 Å². The minimum atomic E-state index is -0.174. The number of hydrazone groups is 1. The van der Waals surface area contributed by atoms with E-state index in [1.807, 2.05) is 18.2 Å². The van der Waals surface area contributed by atoms with E-state index in [1.54, 1.807) is 5.01 Å². The van der Waals surface area contributed by atoms with Gasteiger partial charge >= 0.3 is 0 Å². The van der Waals surface area contributed by atoms with E-state index < -0.39 is 0 Å². The zero-order valence-corrected chi connectivity index (χ0v) is 22.1. The van der Waals surface area contributed by atoms with Gasteiger partial charge in [0.25, 0.3) is 5.91 Å². The van der Waals surface area contributed by atoms with Crippen LogP contribution >= 0.6 is 0 Å². The number of nitrogens with zero attached hydrogens (tertiary/aromatic N) is 4. The highest BCUT2D eigenvalue weighted by atomic mass is 16.7. The van der Waals surface area contributed by atoms with Crippen LogP contribution in [-0.2, 0) is 11.3 Å². The number of hydrogen-bond acceptors (Lipinski definition) is 6. The second kappa shape index (κ2) is 10.6. The Kier molecular flexibility index (Phi) is 6.87. The Bertz CT molecular complexity index is 1350. The van der Waals surface area contributed by atoms with Gasteiger partial charge in [-0.3, -0.25) is 14.6 Å². The Hall–Kier alpha value is -3.68. The molecule has 0 bridgehead atoms. The molecule has 3 aromatic carbocycles. The van der Waals surface area contributed by atoms with Gasteiger partial charge in [-0.25, -0.2) is 5.01 Å². The summed E-state index contributed by atoms with van der Waals surface area (Å²) in [5.41, 5.74) is 6.79. The number of rotatable bonds is 6. The molecule has 0 spiro atoms. The summed E-state index contributed by atoms with van der Waals surface area (Å²) in [4.78, 5) is 18.4. The van der Waals surface area contributed by atoms with E-state index in [-0.39, 0.29) is 18.7 Å². The number of amides is 1. The van der Waals surface area contributed by atoms with Gasteiger partial charge in [0.15, 0.2) is 11.5 Å². The fourth-order valence-corrected chi connectivity index (χ4v) is 5.63. The van der Waals surface area contributed by atoms with Crippen LogP contribution in [0.3, 0.4) is 0 Å². The van der Waals surface area contributed by atoms with Crippen LogP contribution in [0.5, 0.6) is 11.5 Å². The fourth-order valence-electron chi connectivity index (χ4n) is 5.63. The van der Waals surface area contributed by atoms with Crippen LogP contribution < -0.4 is 9.47 Å². The maximum atomic E-state index is 13.7. The number of hydrogen-bond donors (Lipinski definition) is 0. The van der Waals surface area contributed by atoms with Gasteiger partial charge in [-0.1, -0.05) is 60.2 Å². The smallest absolute Gasteiger partial charge is 0.257 e. The number of carbonyl (C=O) groups excluding carboxylic acids is 1. The normalized spacial score (nSPS) is 19.6. The number of aryl methyl sites for hydroxylation is 2. The number of benzene rings is 3. The molecule has 7 nitrogen and oxygen atoms in total. The van der Waals surface area contributed by atoms with Gasteiger partial charge in [-0.05, 0) is 42.7 Å². The first-order valence-electron chi connectivity index (χ1n) is 13.4. The lowest BCUT2D eigenvalue weighted by molar-refractivity contribution is -0.134. The second-order valence-electron chi connectivity index (χ2n) is 10.5. The average molecular weight is 511 g/mol. The largest absolute Gasteiger partial charge is 0.454 e. The maximum Gasteiger partial charge on any atom is 0.257 e. The third kappa shape index (κ3) is 5.17. The van der Waals surface area contributed by atoms with E-state index in [0.717, 1.165) is 61.1 Å². The Labute approximate surface area is 224 Å². The predicted molar refractivity (Wildman–Crippen MR) is 147 cm³/mol. The van der Waals surface area contributed by atoms with Crippen LogP contribution in [0.1, 0.15) is 40.3 Å². The van der Waals surface area contributed by atoms with Gasteiger partial charge in [-0.2, -0.15) is 5.10 Å². The molecular weight excluding hydrogens is 476 g/mol. The molecule has 38 heavy (non-hydrogen) atoms. The minimum Gasteiger partial charge on any atom is -0.454 e. The zero-order valence-electron chi connectivity index (χ0n) is 22.1. The molecule has 0 radical (unpaired) electrons. The van der Waals surface area contributed by atoms with Crippen molar-refractivity contribution in [3.63, 3.8) is 0 Å². The van der Waals surface area contributed by atoms with Crippen molar-refractivity contribution in [2.24, 2.45) is 5.10 Å². The summed E-state index contributed by atoms with van der Waals surface area (Å²) in [5.74, 6) is 1.50. The number of ether oxygens (including phenoxy) is 2. The molecule has 0 N–H and O–H groups in total. The van der Waals surface area contributed by atoms with Gasteiger partial charge < -0.3 is 9.47 Å². The lowest BCUT2D eigenvalue weighted by atomic mass is 9.95. The highest BCUT2D eigenvalue weighted by Crippen LogP contribution is 2.39. The Morgan fingerprint density at radius 2 is 1.66 bits per heavy atom. The quantitative estimate of drug-likeness (QED) is 0.488. The first-order chi connectivity index (χ1) is 18.5. The summed E-state index contributed by atoms with van der Waals surface area (Å²) in [5, 5.41) is 6.64. The summed E-state index contributed by atoms with van der Waals surface area (Å²) >= 11 is 0. The summed E-state index contributed by atoms with van der Waals surface area (Å²) in [7, 11) is 0. The molecule has 3 aliphatic rings. The van der Waals surface area contributed by atoms with Gasteiger partial charge in [-0.15, -0.1) is 0 Å². The fraction of sp³-hybridized carbons (Fsp3) is 0.355. The van der Waals surface area contributed by atoms with Gasteiger partial charge in [0, 0.05) is 44.7 Å². The van der Waals surface area contributed by atoms with Crippen LogP contribution in [-0.4, -0.2) is 65.9 Å². The molecule has 3 aromatic rings. The molecule has 1 amide bonds. The minimum absolute atomic E-state index is 0.0314. The van der Waals surface area contributed by atoms with Crippen molar-refractivity contribution in [1.29, 1.82) is 0 Å². The van der Waals surface area contributed by atoms with E-state index in [1.165, 1.54) is 16.7 Å². The maximum absolute atomic E-state index is 13.7. The van der Waals surface area contributed by atoms with E-state index in [0.29, 0.717) is 13.0 Å². The first kappa shape index (κ1) is 24.6. The molecule has 7 heteroatoms. The van der Waals surface area contributed by atoms with Crippen molar-refractivity contribution in [3.8, 4) is 11.5 Å².